The van der Waals surface area contributed by atoms with Gasteiger partial charge < -0.3 is 10.2 Å². The van der Waals surface area contributed by atoms with E-state index in [1.807, 2.05) is 18.2 Å². The molecule has 0 aliphatic rings. The lowest BCUT2D eigenvalue weighted by atomic mass is 9.87. The van der Waals surface area contributed by atoms with Crippen molar-refractivity contribution < 1.29 is 10.2 Å². The van der Waals surface area contributed by atoms with Gasteiger partial charge in [-0.15, -0.1) is 0 Å². The highest BCUT2D eigenvalue weighted by Crippen LogP contribution is 2.30. The molecule has 0 saturated heterocycles. The highest BCUT2D eigenvalue weighted by atomic mass is 16.3. The molecule has 0 aromatic heterocycles. The molecule has 0 aliphatic carbocycles. The summed E-state index contributed by atoms with van der Waals surface area (Å²) < 4.78 is 0. The number of phenolic OH excluding ortho intramolecular Hbond substituents is 1. The van der Waals surface area contributed by atoms with Gasteiger partial charge in [-0.25, -0.2) is 0 Å². The Morgan fingerprint density at radius 3 is 2.28 bits per heavy atom. The van der Waals surface area contributed by atoms with Gasteiger partial charge in [0, 0.05) is 0 Å². The van der Waals surface area contributed by atoms with Crippen LogP contribution in [0.2, 0.25) is 0 Å². The van der Waals surface area contributed by atoms with E-state index in [-0.39, 0.29) is 5.75 Å². The predicted molar refractivity (Wildman–Crippen MR) is 72.6 cm³/mol. The Labute approximate surface area is 108 Å². The minimum absolute atomic E-state index is 0.205. The van der Waals surface area contributed by atoms with Crippen molar-refractivity contribution in [3.05, 3.63) is 65.2 Å². The number of aryl methyl sites for hydroxylation is 1. The number of benzene rings is 2. The average molecular weight is 242 g/mol. The normalized spacial score (nSPS) is 14.2. The summed E-state index contributed by atoms with van der Waals surface area (Å²) >= 11 is 0. The maximum absolute atomic E-state index is 10.7. The Hall–Kier alpha value is -1.80. The van der Waals surface area contributed by atoms with Gasteiger partial charge in [0.2, 0.25) is 0 Å². The second kappa shape index (κ2) is 4.83. The Bertz CT molecular complexity index is 527. The van der Waals surface area contributed by atoms with Crippen LogP contribution in [0.25, 0.3) is 0 Å². The van der Waals surface area contributed by atoms with Crippen LogP contribution in [0.15, 0.2) is 48.5 Å². The Balaban J connectivity index is 2.43. The standard InChI is InChI=1S/C16H18O2/c1-3-12-5-4-6-14(11-12)16(2,18)13-7-9-15(17)10-8-13/h4-11,17-18H,3H2,1-2H3. The summed E-state index contributed by atoms with van der Waals surface area (Å²) in [5.74, 6) is 0.205. The molecule has 1 unspecified atom stereocenters. The molecule has 0 fully saturated rings. The summed E-state index contributed by atoms with van der Waals surface area (Å²) in [6.45, 7) is 3.86. The number of hydrogen-bond acceptors (Lipinski definition) is 2. The Morgan fingerprint density at radius 1 is 1.00 bits per heavy atom. The van der Waals surface area contributed by atoms with E-state index in [1.165, 1.54) is 5.56 Å². The van der Waals surface area contributed by atoms with Crippen LogP contribution < -0.4 is 0 Å². The second-order valence-electron chi connectivity index (χ2n) is 4.67. The van der Waals surface area contributed by atoms with Crippen LogP contribution in [0.4, 0.5) is 0 Å². The quantitative estimate of drug-likeness (QED) is 0.867. The second-order valence-corrected chi connectivity index (χ2v) is 4.67. The average Bonchev–Trinajstić information content (AvgIpc) is 2.39. The maximum Gasteiger partial charge on any atom is 0.115 e. The molecule has 2 rings (SSSR count). The van der Waals surface area contributed by atoms with E-state index in [2.05, 4.69) is 13.0 Å². The van der Waals surface area contributed by atoms with E-state index < -0.39 is 5.60 Å². The summed E-state index contributed by atoms with van der Waals surface area (Å²) in [4.78, 5) is 0. The smallest absolute Gasteiger partial charge is 0.115 e. The van der Waals surface area contributed by atoms with Crippen molar-refractivity contribution in [3.8, 4) is 5.75 Å². The molecular formula is C16H18O2. The summed E-state index contributed by atoms with van der Waals surface area (Å²) in [5.41, 5.74) is 1.80. The fourth-order valence-corrected chi connectivity index (χ4v) is 2.05. The molecular weight excluding hydrogens is 224 g/mol. The van der Waals surface area contributed by atoms with Crippen LogP contribution in [0, 0.1) is 0 Å². The molecule has 0 radical (unpaired) electrons. The van der Waals surface area contributed by atoms with Gasteiger partial charge in [0.05, 0.1) is 0 Å². The minimum atomic E-state index is -1.04. The van der Waals surface area contributed by atoms with E-state index in [9.17, 15) is 10.2 Å². The first-order chi connectivity index (χ1) is 8.54. The van der Waals surface area contributed by atoms with Gasteiger partial charge in [-0.05, 0) is 42.2 Å². The van der Waals surface area contributed by atoms with Crippen molar-refractivity contribution in [2.24, 2.45) is 0 Å². The Kier molecular flexibility index (Phi) is 3.39. The van der Waals surface area contributed by atoms with Gasteiger partial charge in [0.25, 0.3) is 0 Å². The molecule has 2 aromatic carbocycles. The lowest BCUT2D eigenvalue weighted by molar-refractivity contribution is 0.102. The maximum atomic E-state index is 10.7. The highest BCUT2D eigenvalue weighted by molar-refractivity contribution is 5.39. The molecule has 0 saturated carbocycles. The number of aliphatic hydroxyl groups is 1. The van der Waals surface area contributed by atoms with Crippen molar-refractivity contribution in [2.45, 2.75) is 25.9 Å². The lowest BCUT2D eigenvalue weighted by Gasteiger charge is -2.25. The molecule has 0 bridgehead atoms. The molecule has 2 N–H and O–H groups in total. The first kappa shape index (κ1) is 12.7. The van der Waals surface area contributed by atoms with Crippen LogP contribution in [-0.4, -0.2) is 10.2 Å². The van der Waals surface area contributed by atoms with Crippen molar-refractivity contribution in [1.82, 2.24) is 0 Å². The van der Waals surface area contributed by atoms with Gasteiger partial charge in [0.1, 0.15) is 11.4 Å². The van der Waals surface area contributed by atoms with Gasteiger partial charge in [0.15, 0.2) is 0 Å². The molecule has 0 heterocycles. The summed E-state index contributed by atoms with van der Waals surface area (Å²) in [7, 11) is 0. The van der Waals surface area contributed by atoms with Crippen LogP contribution in [0.1, 0.15) is 30.5 Å². The van der Waals surface area contributed by atoms with Gasteiger partial charge in [-0.2, -0.15) is 0 Å². The SMILES string of the molecule is CCc1cccc(C(C)(O)c2ccc(O)cc2)c1. The fourth-order valence-electron chi connectivity index (χ4n) is 2.05. The molecule has 2 aromatic rings. The Morgan fingerprint density at radius 2 is 1.67 bits per heavy atom. The monoisotopic (exact) mass is 242 g/mol. The molecule has 0 aliphatic heterocycles. The molecule has 0 amide bonds. The molecule has 2 heteroatoms. The fraction of sp³-hybridized carbons (Fsp3) is 0.250. The zero-order chi connectivity index (χ0) is 13.2. The van der Waals surface area contributed by atoms with E-state index in [1.54, 1.807) is 31.2 Å². The third-order valence-electron chi connectivity index (χ3n) is 3.33. The first-order valence-electron chi connectivity index (χ1n) is 6.15. The lowest BCUT2D eigenvalue weighted by Crippen LogP contribution is -2.22. The third-order valence-corrected chi connectivity index (χ3v) is 3.33. The van der Waals surface area contributed by atoms with Gasteiger partial charge in [-0.1, -0.05) is 43.3 Å². The van der Waals surface area contributed by atoms with E-state index >= 15 is 0 Å². The summed E-state index contributed by atoms with van der Waals surface area (Å²) in [6.07, 6.45) is 0.944. The molecule has 0 spiro atoms. The number of phenols is 1. The molecule has 94 valence electrons. The molecule has 2 nitrogen and oxygen atoms in total. The van der Waals surface area contributed by atoms with Crippen molar-refractivity contribution in [3.63, 3.8) is 0 Å². The topological polar surface area (TPSA) is 40.5 Å². The van der Waals surface area contributed by atoms with Gasteiger partial charge >= 0.3 is 0 Å². The zero-order valence-electron chi connectivity index (χ0n) is 10.7. The number of rotatable bonds is 3. The van der Waals surface area contributed by atoms with Crippen molar-refractivity contribution in [2.75, 3.05) is 0 Å². The van der Waals surface area contributed by atoms with Gasteiger partial charge in [-0.3, -0.25) is 0 Å². The predicted octanol–water partition coefficient (Wildman–Crippen LogP) is 3.21. The highest BCUT2D eigenvalue weighted by Gasteiger charge is 2.25. The van der Waals surface area contributed by atoms with E-state index in [0.29, 0.717) is 0 Å². The summed E-state index contributed by atoms with van der Waals surface area (Å²) in [5, 5.41) is 20.0. The minimum Gasteiger partial charge on any atom is -0.508 e. The zero-order valence-corrected chi connectivity index (χ0v) is 10.7. The molecule has 18 heavy (non-hydrogen) atoms. The summed E-state index contributed by atoms with van der Waals surface area (Å²) in [6, 6.07) is 14.6. The first-order valence-corrected chi connectivity index (χ1v) is 6.15. The van der Waals surface area contributed by atoms with Crippen LogP contribution in [0.3, 0.4) is 0 Å². The third kappa shape index (κ3) is 2.39. The number of hydrogen-bond donors (Lipinski definition) is 2. The van der Waals surface area contributed by atoms with Crippen LogP contribution >= 0.6 is 0 Å². The van der Waals surface area contributed by atoms with E-state index in [0.717, 1.165) is 17.5 Å². The van der Waals surface area contributed by atoms with Crippen molar-refractivity contribution in [1.29, 1.82) is 0 Å². The number of aromatic hydroxyl groups is 1. The van der Waals surface area contributed by atoms with E-state index in [4.69, 9.17) is 0 Å². The largest absolute Gasteiger partial charge is 0.508 e. The van der Waals surface area contributed by atoms with Crippen LogP contribution in [-0.2, 0) is 12.0 Å². The van der Waals surface area contributed by atoms with Crippen LogP contribution in [0.5, 0.6) is 5.75 Å². The van der Waals surface area contributed by atoms with Crippen molar-refractivity contribution >= 4 is 0 Å². The molecule has 1 atom stereocenters.